The molecule has 1 aliphatic heterocycles. The molecule has 1 aliphatic rings. The normalized spacial score (nSPS) is 22.2. The van der Waals surface area contributed by atoms with E-state index in [0.717, 1.165) is 25.3 Å². The molecule has 1 aromatic rings. The summed E-state index contributed by atoms with van der Waals surface area (Å²) in [4.78, 5) is 6.76. The summed E-state index contributed by atoms with van der Waals surface area (Å²) in [6, 6.07) is 6.43. The van der Waals surface area contributed by atoms with E-state index in [9.17, 15) is 0 Å². The Kier molecular flexibility index (Phi) is 4.16. The maximum atomic E-state index is 5.88. The van der Waals surface area contributed by atoms with Crippen molar-refractivity contribution in [1.82, 2.24) is 15.2 Å². The third-order valence-corrected chi connectivity index (χ3v) is 3.28. The number of piperidine rings is 1. The number of aromatic nitrogens is 1. The zero-order valence-corrected chi connectivity index (χ0v) is 10.4. The van der Waals surface area contributed by atoms with Gasteiger partial charge in [-0.1, -0.05) is 17.7 Å². The van der Waals surface area contributed by atoms with Gasteiger partial charge < -0.3 is 5.32 Å². The van der Waals surface area contributed by atoms with E-state index in [1.54, 1.807) is 0 Å². The first-order chi connectivity index (χ1) is 7.78. The Hall–Kier alpha value is -0.640. The van der Waals surface area contributed by atoms with E-state index in [2.05, 4.69) is 15.2 Å². The van der Waals surface area contributed by atoms with Gasteiger partial charge in [-0.25, -0.2) is 4.98 Å². The van der Waals surface area contributed by atoms with Crippen molar-refractivity contribution in [3.8, 4) is 0 Å². The number of rotatable bonds is 3. The van der Waals surface area contributed by atoms with Crippen LogP contribution in [0.4, 0.5) is 0 Å². The van der Waals surface area contributed by atoms with Gasteiger partial charge in [-0.05, 0) is 38.6 Å². The molecule has 1 N–H and O–H groups in total. The lowest BCUT2D eigenvalue weighted by Crippen LogP contribution is -2.43. The van der Waals surface area contributed by atoms with E-state index in [1.807, 2.05) is 25.2 Å². The molecule has 0 amide bonds. The van der Waals surface area contributed by atoms with E-state index < -0.39 is 0 Å². The number of nitrogens with one attached hydrogen (secondary N) is 1. The van der Waals surface area contributed by atoms with Crippen molar-refractivity contribution in [2.75, 3.05) is 20.1 Å². The SMILES string of the molecule is CNC1CCCN(Cc2cccc(Cl)n2)C1. The van der Waals surface area contributed by atoms with Crippen molar-refractivity contribution in [2.24, 2.45) is 0 Å². The lowest BCUT2D eigenvalue weighted by atomic mass is 10.1. The number of likely N-dealkylation sites (tertiary alicyclic amines) is 1. The first-order valence-electron chi connectivity index (χ1n) is 5.79. The summed E-state index contributed by atoms with van der Waals surface area (Å²) in [5, 5.41) is 3.93. The molecule has 2 heterocycles. The lowest BCUT2D eigenvalue weighted by molar-refractivity contribution is 0.186. The monoisotopic (exact) mass is 239 g/mol. The Balaban J connectivity index is 1.94. The van der Waals surface area contributed by atoms with Crippen LogP contribution >= 0.6 is 11.6 Å². The average molecular weight is 240 g/mol. The molecular formula is C12H18ClN3. The largest absolute Gasteiger partial charge is 0.316 e. The van der Waals surface area contributed by atoms with Crippen LogP contribution in [0.3, 0.4) is 0 Å². The molecule has 1 aromatic heterocycles. The highest BCUT2D eigenvalue weighted by Gasteiger charge is 2.18. The van der Waals surface area contributed by atoms with Crippen LogP contribution < -0.4 is 5.32 Å². The van der Waals surface area contributed by atoms with Crippen molar-refractivity contribution in [2.45, 2.75) is 25.4 Å². The summed E-state index contributed by atoms with van der Waals surface area (Å²) in [7, 11) is 2.03. The fourth-order valence-corrected chi connectivity index (χ4v) is 2.38. The number of hydrogen-bond acceptors (Lipinski definition) is 3. The standard InChI is InChI=1S/C12H18ClN3/c1-14-10-5-3-7-16(8-10)9-11-4-2-6-12(13)15-11/h2,4,6,10,14H,3,5,7-9H2,1H3. The van der Waals surface area contributed by atoms with Crippen molar-refractivity contribution < 1.29 is 0 Å². The van der Waals surface area contributed by atoms with Crippen LogP contribution in [0, 0.1) is 0 Å². The number of nitrogens with zero attached hydrogens (tertiary/aromatic N) is 2. The van der Waals surface area contributed by atoms with Gasteiger partial charge in [-0.3, -0.25) is 4.90 Å². The quantitative estimate of drug-likeness (QED) is 0.817. The fraction of sp³-hybridized carbons (Fsp3) is 0.583. The lowest BCUT2D eigenvalue weighted by Gasteiger charge is -2.32. The zero-order chi connectivity index (χ0) is 11.4. The molecule has 88 valence electrons. The molecule has 1 fully saturated rings. The van der Waals surface area contributed by atoms with Crippen molar-refractivity contribution in [1.29, 1.82) is 0 Å². The van der Waals surface area contributed by atoms with Crippen LogP contribution in [-0.2, 0) is 6.54 Å². The molecule has 0 aromatic carbocycles. The second kappa shape index (κ2) is 5.62. The molecule has 1 atom stereocenters. The van der Waals surface area contributed by atoms with Crippen LogP contribution in [-0.4, -0.2) is 36.1 Å². The maximum absolute atomic E-state index is 5.88. The fourth-order valence-electron chi connectivity index (χ4n) is 2.20. The van der Waals surface area contributed by atoms with Crippen molar-refractivity contribution in [3.63, 3.8) is 0 Å². The Labute approximate surface area is 102 Å². The van der Waals surface area contributed by atoms with Crippen molar-refractivity contribution in [3.05, 3.63) is 29.0 Å². The van der Waals surface area contributed by atoms with Gasteiger partial charge in [-0.15, -0.1) is 0 Å². The predicted octanol–water partition coefficient (Wildman–Crippen LogP) is 1.92. The molecule has 4 heteroatoms. The van der Waals surface area contributed by atoms with Gasteiger partial charge in [-0.2, -0.15) is 0 Å². The first kappa shape index (κ1) is 11.8. The van der Waals surface area contributed by atoms with Crippen LogP contribution in [0.1, 0.15) is 18.5 Å². The minimum absolute atomic E-state index is 0.583. The summed E-state index contributed by atoms with van der Waals surface area (Å²) in [6.45, 7) is 3.16. The maximum Gasteiger partial charge on any atom is 0.129 e. The predicted molar refractivity (Wildman–Crippen MR) is 66.6 cm³/mol. The molecular weight excluding hydrogens is 222 g/mol. The highest BCUT2D eigenvalue weighted by atomic mass is 35.5. The summed E-state index contributed by atoms with van der Waals surface area (Å²) >= 11 is 5.88. The Bertz CT molecular complexity index is 343. The van der Waals surface area contributed by atoms with Gasteiger partial charge in [0.25, 0.3) is 0 Å². The minimum Gasteiger partial charge on any atom is -0.316 e. The van der Waals surface area contributed by atoms with Gasteiger partial charge in [0, 0.05) is 19.1 Å². The van der Waals surface area contributed by atoms with Gasteiger partial charge >= 0.3 is 0 Å². The molecule has 16 heavy (non-hydrogen) atoms. The van der Waals surface area contributed by atoms with Crippen LogP contribution in [0.15, 0.2) is 18.2 Å². The summed E-state index contributed by atoms with van der Waals surface area (Å²) in [5.41, 5.74) is 1.06. The number of likely N-dealkylation sites (N-methyl/N-ethyl adjacent to an activating group) is 1. The van der Waals surface area contributed by atoms with Crippen LogP contribution in [0.25, 0.3) is 0 Å². The highest BCUT2D eigenvalue weighted by molar-refractivity contribution is 6.29. The Morgan fingerprint density at radius 2 is 2.44 bits per heavy atom. The van der Waals surface area contributed by atoms with E-state index in [0.29, 0.717) is 11.2 Å². The summed E-state index contributed by atoms with van der Waals surface area (Å²) in [5.74, 6) is 0. The number of hydrogen-bond donors (Lipinski definition) is 1. The number of halogens is 1. The van der Waals surface area contributed by atoms with E-state index in [4.69, 9.17) is 11.6 Å². The van der Waals surface area contributed by atoms with Gasteiger partial charge in [0.1, 0.15) is 5.15 Å². The molecule has 0 radical (unpaired) electrons. The second-order valence-electron chi connectivity index (χ2n) is 4.31. The van der Waals surface area contributed by atoms with Crippen LogP contribution in [0.2, 0.25) is 5.15 Å². The van der Waals surface area contributed by atoms with E-state index in [1.165, 1.54) is 12.8 Å². The third kappa shape index (κ3) is 3.17. The molecule has 0 spiro atoms. The average Bonchev–Trinajstić information content (AvgIpc) is 2.29. The van der Waals surface area contributed by atoms with E-state index >= 15 is 0 Å². The molecule has 3 nitrogen and oxygen atoms in total. The minimum atomic E-state index is 0.583. The van der Waals surface area contributed by atoms with Gasteiger partial charge in [0.15, 0.2) is 0 Å². The second-order valence-corrected chi connectivity index (χ2v) is 4.70. The number of pyridine rings is 1. The molecule has 1 unspecified atom stereocenters. The van der Waals surface area contributed by atoms with Crippen LogP contribution in [0.5, 0.6) is 0 Å². The van der Waals surface area contributed by atoms with Gasteiger partial charge in [0.2, 0.25) is 0 Å². The van der Waals surface area contributed by atoms with Crippen molar-refractivity contribution >= 4 is 11.6 Å². The zero-order valence-electron chi connectivity index (χ0n) is 9.62. The van der Waals surface area contributed by atoms with Gasteiger partial charge in [0.05, 0.1) is 5.69 Å². The molecule has 0 aliphatic carbocycles. The Morgan fingerprint density at radius 1 is 1.56 bits per heavy atom. The first-order valence-corrected chi connectivity index (χ1v) is 6.17. The third-order valence-electron chi connectivity index (χ3n) is 3.07. The van der Waals surface area contributed by atoms with E-state index in [-0.39, 0.29) is 0 Å². The molecule has 0 saturated carbocycles. The topological polar surface area (TPSA) is 28.2 Å². The Morgan fingerprint density at radius 3 is 3.19 bits per heavy atom. The molecule has 0 bridgehead atoms. The highest BCUT2D eigenvalue weighted by Crippen LogP contribution is 2.13. The summed E-state index contributed by atoms with van der Waals surface area (Å²) in [6.07, 6.45) is 2.53. The summed E-state index contributed by atoms with van der Waals surface area (Å²) < 4.78 is 0. The smallest absolute Gasteiger partial charge is 0.129 e. The molecule has 1 saturated heterocycles. The molecule has 2 rings (SSSR count).